The van der Waals surface area contributed by atoms with Gasteiger partial charge in [0.1, 0.15) is 24.0 Å². The lowest BCUT2D eigenvalue weighted by Gasteiger charge is -1.97. The molecule has 0 unspecified atom stereocenters. The molecule has 0 fully saturated rings. The molecular formula is C13H15N3O2. The summed E-state index contributed by atoms with van der Waals surface area (Å²) in [6.45, 7) is 4.21. The van der Waals surface area contributed by atoms with Crippen LogP contribution in [-0.4, -0.2) is 23.3 Å². The van der Waals surface area contributed by atoms with Gasteiger partial charge in [-0.05, 0) is 26.0 Å². The first-order valence-corrected chi connectivity index (χ1v) is 5.61. The number of aryl methyl sites for hydroxylation is 2. The molecular weight excluding hydrogens is 230 g/mol. The standard InChI is InChI=1S/C13H15N3O2/c1-9-6-13(16-10(2)15-9)14-7-11-4-5-12(18-11)8-17-3/h4-7H,8H2,1-3H3. The SMILES string of the molecule is COCc1ccc(C=Nc2cc(C)nc(C)n2)o1. The number of ether oxygens (including phenoxy) is 1. The molecule has 0 bridgehead atoms. The van der Waals surface area contributed by atoms with Crippen molar-refractivity contribution in [3.63, 3.8) is 0 Å². The summed E-state index contributed by atoms with van der Waals surface area (Å²) in [5.41, 5.74) is 0.897. The fourth-order valence-corrected chi connectivity index (χ4v) is 1.58. The number of rotatable bonds is 4. The maximum absolute atomic E-state index is 5.49. The molecule has 0 amide bonds. The molecule has 5 heteroatoms. The van der Waals surface area contributed by atoms with Gasteiger partial charge >= 0.3 is 0 Å². The van der Waals surface area contributed by atoms with E-state index in [1.165, 1.54) is 0 Å². The Hall–Kier alpha value is -2.01. The van der Waals surface area contributed by atoms with E-state index in [1.807, 2.05) is 32.0 Å². The Balaban J connectivity index is 2.13. The van der Waals surface area contributed by atoms with Crippen molar-refractivity contribution in [2.45, 2.75) is 20.5 Å². The van der Waals surface area contributed by atoms with E-state index >= 15 is 0 Å². The average molecular weight is 245 g/mol. The Morgan fingerprint density at radius 2 is 2.17 bits per heavy atom. The van der Waals surface area contributed by atoms with Crippen molar-refractivity contribution in [3.8, 4) is 0 Å². The second-order valence-electron chi connectivity index (χ2n) is 3.91. The van der Waals surface area contributed by atoms with Gasteiger partial charge in [0.15, 0.2) is 5.82 Å². The maximum atomic E-state index is 5.49. The smallest absolute Gasteiger partial charge is 0.155 e. The van der Waals surface area contributed by atoms with Gasteiger partial charge in [-0.1, -0.05) is 0 Å². The van der Waals surface area contributed by atoms with E-state index in [1.54, 1.807) is 13.3 Å². The topological polar surface area (TPSA) is 60.5 Å². The number of nitrogens with zero attached hydrogens (tertiary/aromatic N) is 3. The molecule has 18 heavy (non-hydrogen) atoms. The Morgan fingerprint density at radius 3 is 2.89 bits per heavy atom. The summed E-state index contributed by atoms with van der Waals surface area (Å²) in [7, 11) is 1.63. The minimum Gasteiger partial charge on any atom is -0.458 e. The van der Waals surface area contributed by atoms with Gasteiger partial charge in [0.05, 0.1) is 6.21 Å². The normalized spacial score (nSPS) is 11.3. The van der Waals surface area contributed by atoms with Gasteiger partial charge in [0.2, 0.25) is 0 Å². The van der Waals surface area contributed by atoms with Crippen LogP contribution in [0.15, 0.2) is 27.6 Å². The van der Waals surface area contributed by atoms with E-state index in [0.29, 0.717) is 24.0 Å². The molecule has 0 aromatic carbocycles. The summed E-state index contributed by atoms with van der Waals surface area (Å²) in [4.78, 5) is 12.7. The van der Waals surface area contributed by atoms with Crippen molar-refractivity contribution >= 4 is 12.0 Å². The Bertz CT molecular complexity index is 541. The molecule has 0 spiro atoms. The van der Waals surface area contributed by atoms with Crippen LogP contribution < -0.4 is 0 Å². The highest BCUT2D eigenvalue weighted by Gasteiger charge is 2.00. The van der Waals surface area contributed by atoms with Crippen molar-refractivity contribution in [1.82, 2.24) is 9.97 Å². The molecule has 0 aliphatic rings. The number of hydrogen-bond donors (Lipinski definition) is 0. The van der Waals surface area contributed by atoms with Gasteiger partial charge in [-0.15, -0.1) is 0 Å². The number of aliphatic imine (C=N–C) groups is 1. The van der Waals surface area contributed by atoms with Gasteiger partial charge in [-0.3, -0.25) is 0 Å². The Kier molecular flexibility index (Phi) is 3.84. The summed E-state index contributed by atoms with van der Waals surface area (Å²) < 4.78 is 10.5. The monoisotopic (exact) mass is 245 g/mol. The predicted octanol–water partition coefficient (Wildman–Crippen LogP) is 2.58. The van der Waals surface area contributed by atoms with Gasteiger partial charge in [-0.2, -0.15) is 0 Å². The molecule has 0 atom stereocenters. The third-order valence-corrected chi connectivity index (χ3v) is 2.25. The number of hydrogen-bond acceptors (Lipinski definition) is 5. The first kappa shape index (κ1) is 12.4. The fourth-order valence-electron chi connectivity index (χ4n) is 1.58. The molecule has 2 aromatic heterocycles. The van der Waals surface area contributed by atoms with Crippen molar-refractivity contribution in [3.05, 3.63) is 41.2 Å². The molecule has 0 saturated carbocycles. The second-order valence-corrected chi connectivity index (χ2v) is 3.91. The highest BCUT2D eigenvalue weighted by atomic mass is 16.5. The highest BCUT2D eigenvalue weighted by molar-refractivity contribution is 5.78. The van der Waals surface area contributed by atoms with Crippen LogP contribution in [0.4, 0.5) is 5.82 Å². The van der Waals surface area contributed by atoms with Crippen molar-refractivity contribution < 1.29 is 9.15 Å². The third-order valence-electron chi connectivity index (χ3n) is 2.25. The number of aromatic nitrogens is 2. The molecule has 2 rings (SSSR count). The van der Waals surface area contributed by atoms with Crippen LogP contribution >= 0.6 is 0 Å². The number of methoxy groups -OCH3 is 1. The van der Waals surface area contributed by atoms with E-state index in [0.717, 1.165) is 11.5 Å². The lowest BCUT2D eigenvalue weighted by atomic mass is 10.4. The van der Waals surface area contributed by atoms with E-state index in [-0.39, 0.29) is 0 Å². The Labute approximate surface area is 106 Å². The summed E-state index contributed by atoms with van der Waals surface area (Å²) in [6, 6.07) is 5.53. The van der Waals surface area contributed by atoms with Crippen LogP contribution in [0.5, 0.6) is 0 Å². The summed E-state index contributed by atoms with van der Waals surface area (Å²) in [5.74, 6) is 2.79. The predicted molar refractivity (Wildman–Crippen MR) is 68.2 cm³/mol. The molecule has 0 N–H and O–H groups in total. The molecule has 0 aliphatic heterocycles. The van der Waals surface area contributed by atoms with Gasteiger partial charge in [-0.25, -0.2) is 15.0 Å². The van der Waals surface area contributed by atoms with Crippen LogP contribution in [0, 0.1) is 13.8 Å². The lowest BCUT2D eigenvalue weighted by molar-refractivity contribution is 0.164. The molecule has 0 aliphatic carbocycles. The van der Waals surface area contributed by atoms with Gasteiger partial charge in [0, 0.05) is 18.9 Å². The van der Waals surface area contributed by atoms with Crippen LogP contribution in [0.3, 0.4) is 0 Å². The summed E-state index contributed by atoms with van der Waals surface area (Å²) >= 11 is 0. The van der Waals surface area contributed by atoms with Gasteiger partial charge < -0.3 is 9.15 Å². The zero-order chi connectivity index (χ0) is 13.0. The molecule has 94 valence electrons. The maximum Gasteiger partial charge on any atom is 0.155 e. The van der Waals surface area contributed by atoms with E-state index < -0.39 is 0 Å². The molecule has 2 aromatic rings. The van der Waals surface area contributed by atoms with Gasteiger partial charge in [0.25, 0.3) is 0 Å². The number of furan rings is 1. The zero-order valence-corrected chi connectivity index (χ0v) is 10.7. The zero-order valence-electron chi connectivity index (χ0n) is 10.7. The van der Waals surface area contributed by atoms with Crippen LogP contribution in [0.2, 0.25) is 0 Å². The summed E-state index contributed by atoms with van der Waals surface area (Å²) in [5, 5.41) is 0. The van der Waals surface area contributed by atoms with Crippen molar-refractivity contribution in [1.29, 1.82) is 0 Å². The molecule has 0 saturated heterocycles. The quantitative estimate of drug-likeness (QED) is 0.777. The van der Waals surface area contributed by atoms with Crippen molar-refractivity contribution in [2.75, 3.05) is 7.11 Å². The average Bonchev–Trinajstić information content (AvgIpc) is 2.74. The largest absolute Gasteiger partial charge is 0.458 e. The first-order chi connectivity index (χ1) is 8.67. The van der Waals surface area contributed by atoms with Crippen LogP contribution in [-0.2, 0) is 11.3 Å². The van der Waals surface area contributed by atoms with E-state index in [9.17, 15) is 0 Å². The lowest BCUT2D eigenvalue weighted by Crippen LogP contribution is -1.90. The molecule has 5 nitrogen and oxygen atoms in total. The fraction of sp³-hybridized carbons (Fsp3) is 0.308. The van der Waals surface area contributed by atoms with E-state index in [2.05, 4.69) is 15.0 Å². The molecule has 2 heterocycles. The highest BCUT2D eigenvalue weighted by Crippen LogP contribution is 2.11. The third kappa shape index (κ3) is 3.24. The van der Waals surface area contributed by atoms with Crippen LogP contribution in [0.25, 0.3) is 0 Å². The van der Waals surface area contributed by atoms with E-state index in [4.69, 9.17) is 9.15 Å². The van der Waals surface area contributed by atoms with Crippen molar-refractivity contribution in [2.24, 2.45) is 4.99 Å². The van der Waals surface area contributed by atoms with Crippen LogP contribution in [0.1, 0.15) is 23.0 Å². The second kappa shape index (κ2) is 5.55. The first-order valence-electron chi connectivity index (χ1n) is 5.61. The minimum absolute atomic E-state index is 0.458. The minimum atomic E-state index is 0.458. The Morgan fingerprint density at radius 1 is 1.33 bits per heavy atom. The molecule has 0 radical (unpaired) electrons. The summed E-state index contributed by atoms with van der Waals surface area (Å²) in [6.07, 6.45) is 1.64.